The molecule has 0 fully saturated rings. The minimum absolute atomic E-state index is 0.907. The van der Waals surface area contributed by atoms with Gasteiger partial charge in [0.15, 0.2) is 0 Å². The number of para-hydroxylation sites is 2. The summed E-state index contributed by atoms with van der Waals surface area (Å²) in [6.07, 6.45) is 0. The molecule has 0 N–H and O–H groups in total. The van der Waals surface area contributed by atoms with Crippen LogP contribution in [0.2, 0.25) is 0 Å². The summed E-state index contributed by atoms with van der Waals surface area (Å²) in [5, 5.41) is 4.66. The molecule has 0 amide bonds. The molecule has 0 bridgehead atoms. The highest BCUT2D eigenvalue weighted by Crippen LogP contribution is 2.44. The van der Waals surface area contributed by atoms with Gasteiger partial charge in [-0.1, -0.05) is 115 Å². The van der Waals surface area contributed by atoms with Crippen molar-refractivity contribution in [3.05, 3.63) is 164 Å². The van der Waals surface area contributed by atoms with Crippen LogP contribution in [0.1, 0.15) is 0 Å². The van der Waals surface area contributed by atoms with Crippen LogP contribution in [0.15, 0.2) is 168 Å². The van der Waals surface area contributed by atoms with Crippen molar-refractivity contribution in [2.24, 2.45) is 0 Å². The predicted molar refractivity (Wildman–Crippen MR) is 177 cm³/mol. The van der Waals surface area contributed by atoms with E-state index >= 15 is 0 Å². The summed E-state index contributed by atoms with van der Waals surface area (Å²) in [7, 11) is 0. The Balaban J connectivity index is 1.40. The first kappa shape index (κ1) is 24.2. The molecular weight excluding hydrogens is 510 g/mol. The zero-order chi connectivity index (χ0) is 27.9. The van der Waals surface area contributed by atoms with Gasteiger partial charge in [0, 0.05) is 27.7 Å². The zero-order valence-corrected chi connectivity index (χ0v) is 22.9. The van der Waals surface area contributed by atoms with Crippen LogP contribution in [-0.2, 0) is 0 Å². The van der Waals surface area contributed by atoms with E-state index in [0.717, 1.165) is 39.0 Å². The first-order valence-corrected chi connectivity index (χ1v) is 14.3. The van der Waals surface area contributed by atoms with E-state index in [9.17, 15) is 0 Å². The molecule has 7 aromatic carbocycles. The number of hydrogen-bond acceptors (Lipinski definition) is 2. The monoisotopic (exact) mass is 537 g/mol. The van der Waals surface area contributed by atoms with Crippen molar-refractivity contribution in [2.45, 2.75) is 0 Å². The van der Waals surface area contributed by atoms with Gasteiger partial charge in [-0.2, -0.15) is 0 Å². The van der Waals surface area contributed by atoms with Crippen LogP contribution in [0, 0.1) is 0 Å². The number of hydrogen-bond donors (Lipinski definition) is 0. The van der Waals surface area contributed by atoms with Crippen molar-refractivity contribution in [1.29, 1.82) is 0 Å². The fourth-order valence-corrected chi connectivity index (χ4v) is 6.06. The van der Waals surface area contributed by atoms with Crippen LogP contribution >= 0.6 is 0 Å². The van der Waals surface area contributed by atoms with E-state index in [1.165, 1.54) is 33.0 Å². The van der Waals surface area contributed by atoms with Gasteiger partial charge >= 0.3 is 0 Å². The van der Waals surface area contributed by atoms with Crippen molar-refractivity contribution in [2.75, 3.05) is 4.90 Å². The summed E-state index contributed by atoms with van der Waals surface area (Å²) in [6, 6.07) is 58.0. The molecule has 0 aliphatic rings. The Hall–Kier alpha value is -5.60. The first-order chi connectivity index (χ1) is 20.8. The van der Waals surface area contributed by atoms with Gasteiger partial charge in [-0.3, -0.25) is 0 Å². The number of furan rings is 1. The lowest BCUT2D eigenvalue weighted by Gasteiger charge is -2.28. The van der Waals surface area contributed by atoms with Gasteiger partial charge in [0.25, 0.3) is 0 Å². The van der Waals surface area contributed by atoms with E-state index in [4.69, 9.17) is 4.42 Å². The number of fused-ring (bicyclic) bond motifs is 5. The van der Waals surface area contributed by atoms with Crippen LogP contribution in [0.25, 0.3) is 55.0 Å². The Bertz CT molecular complexity index is 2180. The average molecular weight is 538 g/mol. The smallest absolute Gasteiger partial charge is 0.136 e. The average Bonchev–Trinajstić information content (AvgIpc) is 3.46. The molecule has 0 aliphatic heterocycles. The van der Waals surface area contributed by atoms with Crippen molar-refractivity contribution in [3.63, 3.8) is 0 Å². The molecular formula is C40H27NO. The van der Waals surface area contributed by atoms with Gasteiger partial charge in [-0.15, -0.1) is 0 Å². The molecule has 8 rings (SSSR count). The lowest BCUT2D eigenvalue weighted by Crippen LogP contribution is -2.11. The number of anilines is 3. The lowest BCUT2D eigenvalue weighted by atomic mass is 9.96. The Kier molecular flexibility index (Phi) is 5.82. The highest BCUT2D eigenvalue weighted by Gasteiger charge is 2.19. The second-order valence-electron chi connectivity index (χ2n) is 10.6. The topological polar surface area (TPSA) is 16.4 Å². The quantitative estimate of drug-likeness (QED) is 0.217. The predicted octanol–water partition coefficient (Wildman–Crippen LogP) is 11.5. The molecule has 1 aromatic heterocycles. The van der Waals surface area contributed by atoms with Crippen molar-refractivity contribution >= 4 is 49.8 Å². The molecule has 0 unspecified atom stereocenters. The SMILES string of the molecule is c1ccc(-c2ccc(N(c3ccccc3)c3ccc4ccc5oc6ccccc6c5c4c3)c(-c3ccccc3)c2)cc1. The molecule has 2 heteroatoms. The fourth-order valence-electron chi connectivity index (χ4n) is 6.06. The van der Waals surface area contributed by atoms with Gasteiger partial charge in [0.1, 0.15) is 11.2 Å². The van der Waals surface area contributed by atoms with E-state index in [2.05, 4.69) is 157 Å². The molecule has 0 spiro atoms. The summed E-state index contributed by atoms with van der Waals surface area (Å²) in [6.45, 7) is 0. The maximum atomic E-state index is 6.25. The van der Waals surface area contributed by atoms with E-state index < -0.39 is 0 Å². The molecule has 42 heavy (non-hydrogen) atoms. The molecule has 2 nitrogen and oxygen atoms in total. The summed E-state index contributed by atoms with van der Waals surface area (Å²) in [4.78, 5) is 2.37. The maximum absolute atomic E-state index is 6.25. The van der Waals surface area contributed by atoms with Crippen molar-refractivity contribution < 1.29 is 4.42 Å². The second kappa shape index (κ2) is 10.1. The molecule has 0 aliphatic carbocycles. The van der Waals surface area contributed by atoms with Crippen LogP contribution in [-0.4, -0.2) is 0 Å². The summed E-state index contributed by atoms with van der Waals surface area (Å²) in [5.74, 6) is 0. The number of nitrogens with zero attached hydrogens (tertiary/aromatic N) is 1. The fraction of sp³-hybridized carbons (Fsp3) is 0. The summed E-state index contributed by atoms with van der Waals surface area (Å²) in [5.41, 5.74) is 9.88. The third kappa shape index (κ3) is 4.13. The Morgan fingerprint density at radius 2 is 1.07 bits per heavy atom. The lowest BCUT2D eigenvalue weighted by molar-refractivity contribution is 0.669. The molecule has 198 valence electrons. The molecule has 1 heterocycles. The Morgan fingerprint density at radius 1 is 0.405 bits per heavy atom. The van der Waals surface area contributed by atoms with Crippen molar-refractivity contribution in [1.82, 2.24) is 0 Å². The van der Waals surface area contributed by atoms with E-state index in [-0.39, 0.29) is 0 Å². The molecule has 0 saturated heterocycles. The van der Waals surface area contributed by atoms with Crippen LogP contribution in [0.5, 0.6) is 0 Å². The summed E-state index contributed by atoms with van der Waals surface area (Å²) >= 11 is 0. The third-order valence-electron chi connectivity index (χ3n) is 8.05. The Labute approximate surface area is 244 Å². The highest BCUT2D eigenvalue weighted by molar-refractivity contribution is 6.19. The van der Waals surface area contributed by atoms with Crippen LogP contribution in [0.4, 0.5) is 17.1 Å². The van der Waals surface area contributed by atoms with Crippen molar-refractivity contribution in [3.8, 4) is 22.3 Å². The van der Waals surface area contributed by atoms with Gasteiger partial charge in [-0.05, 0) is 76.0 Å². The third-order valence-corrected chi connectivity index (χ3v) is 8.05. The largest absolute Gasteiger partial charge is 0.456 e. The normalized spacial score (nSPS) is 11.3. The van der Waals surface area contributed by atoms with Gasteiger partial charge < -0.3 is 9.32 Å². The highest BCUT2D eigenvalue weighted by atomic mass is 16.3. The number of benzene rings is 7. The van der Waals surface area contributed by atoms with E-state index in [1.54, 1.807) is 0 Å². The maximum Gasteiger partial charge on any atom is 0.136 e. The van der Waals surface area contributed by atoms with E-state index in [1.807, 2.05) is 12.1 Å². The summed E-state index contributed by atoms with van der Waals surface area (Å²) < 4.78 is 6.25. The molecule has 0 radical (unpaired) electrons. The van der Waals surface area contributed by atoms with E-state index in [0.29, 0.717) is 0 Å². The van der Waals surface area contributed by atoms with Crippen LogP contribution < -0.4 is 4.90 Å². The second-order valence-corrected chi connectivity index (χ2v) is 10.6. The number of rotatable bonds is 5. The first-order valence-electron chi connectivity index (χ1n) is 14.3. The molecule has 8 aromatic rings. The standard InChI is InChI=1S/C40H27NO/c1-4-12-28(13-5-1)31-21-24-37(35(26-31)29-14-6-2-7-15-29)41(32-16-8-3-9-17-32)33-23-20-30-22-25-39-40(36(30)27-33)34-18-10-11-19-38(34)42-39/h1-27H. The van der Waals surface area contributed by atoms with Crippen LogP contribution in [0.3, 0.4) is 0 Å². The molecule has 0 saturated carbocycles. The minimum Gasteiger partial charge on any atom is -0.456 e. The minimum atomic E-state index is 0.907. The molecule has 0 atom stereocenters. The van der Waals surface area contributed by atoms with Gasteiger partial charge in [0.05, 0.1) is 5.69 Å². The van der Waals surface area contributed by atoms with Gasteiger partial charge in [0.2, 0.25) is 0 Å². The zero-order valence-electron chi connectivity index (χ0n) is 22.9. The van der Waals surface area contributed by atoms with Gasteiger partial charge in [-0.25, -0.2) is 0 Å². The Morgan fingerprint density at radius 3 is 1.86 bits per heavy atom.